The molecule has 0 fully saturated rings. The van der Waals surface area contributed by atoms with Crippen molar-refractivity contribution in [2.24, 2.45) is 0 Å². The largest absolute Gasteiger partial charge is 0.494 e. The Morgan fingerprint density at radius 3 is 2.67 bits per heavy atom. The van der Waals surface area contributed by atoms with Crippen molar-refractivity contribution in [2.45, 2.75) is 4.90 Å². The summed E-state index contributed by atoms with van der Waals surface area (Å²) in [6.07, 6.45) is 0. The van der Waals surface area contributed by atoms with Crippen LogP contribution < -0.4 is 9.46 Å². The number of carboxylic acid groups (broad SMARTS) is 1. The Hall–Kier alpha value is -2.62. The zero-order chi connectivity index (χ0) is 15.6. The van der Waals surface area contributed by atoms with Gasteiger partial charge < -0.3 is 9.84 Å². The molecular formula is C11H10FN3O5S. The number of hydrogen-bond donors (Lipinski definition) is 3. The Labute approximate surface area is 118 Å². The van der Waals surface area contributed by atoms with Crippen molar-refractivity contribution < 1.29 is 27.4 Å². The fourth-order valence-corrected chi connectivity index (χ4v) is 2.50. The Morgan fingerprint density at radius 2 is 2.14 bits per heavy atom. The molecule has 1 aromatic carbocycles. The number of halogens is 1. The Balaban J connectivity index is 2.29. The van der Waals surface area contributed by atoms with E-state index in [1.165, 1.54) is 7.11 Å². The molecule has 1 aromatic heterocycles. The number of aromatic carboxylic acids is 1. The number of carbonyl (C=O) groups is 1. The maximum absolute atomic E-state index is 13.5. The van der Waals surface area contributed by atoms with Gasteiger partial charge in [0, 0.05) is 6.07 Å². The van der Waals surface area contributed by atoms with Crippen molar-refractivity contribution in [3.05, 3.63) is 35.8 Å². The van der Waals surface area contributed by atoms with Crippen LogP contribution in [0.4, 0.5) is 10.2 Å². The van der Waals surface area contributed by atoms with Gasteiger partial charge in [-0.3, -0.25) is 9.82 Å². The third-order valence-corrected chi connectivity index (χ3v) is 3.83. The third-order valence-electron chi connectivity index (χ3n) is 2.48. The summed E-state index contributed by atoms with van der Waals surface area (Å²) in [5.41, 5.74) is -0.284. The van der Waals surface area contributed by atoms with E-state index in [9.17, 15) is 17.6 Å². The number of aromatic nitrogens is 2. The van der Waals surface area contributed by atoms with Crippen LogP contribution in [-0.2, 0) is 10.0 Å². The second kappa shape index (κ2) is 5.40. The van der Waals surface area contributed by atoms with Crippen LogP contribution in [0.1, 0.15) is 10.5 Å². The molecule has 0 atom stereocenters. The SMILES string of the molecule is COc1ccc(S(=O)(=O)Nc2cc(C(=O)O)[nH]n2)cc1F. The average Bonchev–Trinajstić information content (AvgIpc) is 2.86. The topological polar surface area (TPSA) is 121 Å². The molecule has 8 nitrogen and oxygen atoms in total. The highest BCUT2D eigenvalue weighted by molar-refractivity contribution is 7.92. The molecule has 0 radical (unpaired) electrons. The molecule has 21 heavy (non-hydrogen) atoms. The molecular weight excluding hydrogens is 305 g/mol. The van der Waals surface area contributed by atoms with Crippen LogP contribution in [0, 0.1) is 5.82 Å². The molecule has 1 heterocycles. The first kappa shape index (κ1) is 14.8. The highest BCUT2D eigenvalue weighted by Crippen LogP contribution is 2.22. The number of nitrogens with one attached hydrogen (secondary N) is 2. The van der Waals surface area contributed by atoms with E-state index >= 15 is 0 Å². The first-order valence-electron chi connectivity index (χ1n) is 5.48. The molecule has 0 saturated carbocycles. The van der Waals surface area contributed by atoms with Crippen LogP contribution in [-0.4, -0.2) is 36.8 Å². The zero-order valence-corrected chi connectivity index (χ0v) is 11.4. The molecule has 3 N–H and O–H groups in total. The molecule has 0 saturated heterocycles. The lowest BCUT2D eigenvalue weighted by molar-refractivity contribution is 0.0690. The number of sulfonamides is 1. The second-order valence-electron chi connectivity index (χ2n) is 3.87. The van der Waals surface area contributed by atoms with E-state index in [1.54, 1.807) is 0 Å². The van der Waals surface area contributed by atoms with Gasteiger partial charge >= 0.3 is 5.97 Å². The number of carboxylic acids is 1. The molecule has 0 spiro atoms. The minimum atomic E-state index is -4.09. The van der Waals surface area contributed by atoms with Gasteiger partial charge in [0.15, 0.2) is 17.4 Å². The first-order valence-corrected chi connectivity index (χ1v) is 6.97. The summed E-state index contributed by atoms with van der Waals surface area (Å²) in [6, 6.07) is 4.10. The number of anilines is 1. The van der Waals surface area contributed by atoms with Gasteiger partial charge in [-0.2, -0.15) is 5.10 Å². The molecule has 0 amide bonds. The van der Waals surface area contributed by atoms with Gasteiger partial charge in [0.2, 0.25) is 0 Å². The van der Waals surface area contributed by atoms with Crippen LogP contribution in [0.15, 0.2) is 29.2 Å². The Morgan fingerprint density at radius 1 is 1.43 bits per heavy atom. The fourth-order valence-electron chi connectivity index (χ4n) is 1.49. The molecule has 0 aliphatic rings. The van der Waals surface area contributed by atoms with E-state index in [2.05, 4.69) is 14.9 Å². The van der Waals surface area contributed by atoms with E-state index in [0.29, 0.717) is 0 Å². The van der Waals surface area contributed by atoms with Gasteiger partial charge in [0.1, 0.15) is 5.69 Å². The number of rotatable bonds is 5. The summed E-state index contributed by atoms with van der Waals surface area (Å²) in [4.78, 5) is 10.3. The van der Waals surface area contributed by atoms with Crippen molar-refractivity contribution in [3.63, 3.8) is 0 Å². The summed E-state index contributed by atoms with van der Waals surface area (Å²) < 4.78 is 44.3. The highest BCUT2D eigenvalue weighted by Gasteiger charge is 2.19. The molecule has 10 heteroatoms. The van der Waals surface area contributed by atoms with E-state index in [-0.39, 0.29) is 22.2 Å². The van der Waals surface area contributed by atoms with E-state index in [4.69, 9.17) is 5.11 Å². The number of nitrogens with zero attached hydrogens (tertiary/aromatic N) is 1. The highest BCUT2D eigenvalue weighted by atomic mass is 32.2. The van der Waals surface area contributed by atoms with Crippen LogP contribution in [0.5, 0.6) is 5.75 Å². The van der Waals surface area contributed by atoms with E-state index in [1.807, 2.05) is 4.72 Å². The predicted octanol–water partition coefficient (Wildman–Crippen LogP) is 1.06. The van der Waals surface area contributed by atoms with Gasteiger partial charge in [0.05, 0.1) is 12.0 Å². The third kappa shape index (κ3) is 3.11. The number of H-pyrrole nitrogens is 1. The lowest BCUT2D eigenvalue weighted by Crippen LogP contribution is -2.13. The van der Waals surface area contributed by atoms with Crippen molar-refractivity contribution in [1.29, 1.82) is 0 Å². The van der Waals surface area contributed by atoms with Gasteiger partial charge in [-0.1, -0.05) is 0 Å². The van der Waals surface area contributed by atoms with Gasteiger partial charge in [0.25, 0.3) is 10.0 Å². The zero-order valence-electron chi connectivity index (χ0n) is 10.6. The van der Waals surface area contributed by atoms with Gasteiger partial charge in [-0.25, -0.2) is 17.6 Å². The minimum absolute atomic E-state index is 0.0955. The summed E-state index contributed by atoms with van der Waals surface area (Å²) in [5.74, 6) is -2.44. The lowest BCUT2D eigenvalue weighted by atomic mass is 10.3. The molecule has 0 aliphatic heterocycles. The van der Waals surface area contributed by atoms with Crippen molar-refractivity contribution >= 4 is 21.8 Å². The number of benzene rings is 1. The van der Waals surface area contributed by atoms with Crippen LogP contribution in [0.3, 0.4) is 0 Å². The molecule has 2 aromatic rings. The number of aromatic amines is 1. The second-order valence-corrected chi connectivity index (χ2v) is 5.56. The monoisotopic (exact) mass is 315 g/mol. The summed E-state index contributed by atoms with van der Waals surface area (Å²) in [6.45, 7) is 0. The average molecular weight is 315 g/mol. The first-order chi connectivity index (χ1) is 9.83. The van der Waals surface area contributed by atoms with Crippen LogP contribution in [0.2, 0.25) is 0 Å². The number of methoxy groups -OCH3 is 1. The van der Waals surface area contributed by atoms with Crippen molar-refractivity contribution in [3.8, 4) is 5.75 Å². The predicted molar refractivity (Wildman–Crippen MR) is 69.3 cm³/mol. The Kier molecular flexibility index (Phi) is 3.80. The smallest absolute Gasteiger partial charge is 0.353 e. The molecule has 0 aliphatic carbocycles. The lowest BCUT2D eigenvalue weighted by Gasteiger charge is -2.07. The summed E-state index contributed by atoms with van der Waals surface area (Å²) >= 11 is 0. The quantitative estimate of drug-likeness (QED) is 0.758. The number of ether oxygens (including phenoxy) is 1. The fraction of sp³-hybridized carbons (Fsp3) is 0.0909. The molecule has 0 bridgehead atoms. The molecule has 0 unspecified atom stereocenters. The maximum Gasteiger partial charge on any atom is 0.353 e. The Bertz CT molecular complexity index is 787. The van der Waals surface area contributed by atoms with Gasteiger partial charge in [-0.05, 0) is 18.2 Å². The van der Waals surface area contributed by atoms with Crippen molar-refractivity contribution in [1.82, 2.24) is 10.2 Å². The van der Waals surface area contributed by atoms with E-state index < -0.39 is 21.8 Å². The normalized spacial score (nSPS) is 11.1. The van der Waals surface area contributed by atoms with Gasteiger partial charge in [-0.15, -0.1) is 0 Å². The molecule has 112 valence electrons. The summed E-state index contributed by atoms with van der Waals surface area (Å²) in [5, 5.41) is 14.3. The minimum Gasteiger partial charge on any atom is -0.494 e. The molecule has 2 rings (SSSR count). The maximum atomic E-state index is 13.5. The van der Waals surface area contributed by atoms with Crippen molar-refractivity contribution in [2.75, 3.05) is 11.8 Å². The van der Waals surface area contributed by atoms with Crippen LogP contribution >= 0.6 is 0 Å². The van der Waals surface area contributed by atoms with E-state index in [0.717, 1.165) is 24.3 Å². The standard InChI is InChI=1S/C11H10FN3O5S/c1-20-9-3-2-6(4-7(9)12)21(18,19)15-10-5-8(11(16)17)13-14-10/h2-5H,1H3,(H,16,17)(H2,13,14,15). The summed E-state index contributed by atoms with van der Waals surface area (Å²) in [7, 11) is -2.84. The van der Waals surface area contributed by atoms with Crippen LogP contribution in [0.25, 0.3) is 0 Å². The number of hydrogen-bond acceptors (Lipinski definition) is 5.